The molecule has 4 N–H and O–H groups in total. The molecule has 20 heavy (non-hydrogen) atoms. The molecule has 0 atom stereocenters. The number of nitrogens with one attached hydrogen (secondary N) is 1. The zero-order valence-electron chi connectivity index (χ0n) is 10.8. The molecule has 1 aromatic heterocycles. The third-order valence-corrected chi connectivity index (χ3v) is 3.10. The molecule has 0 unspecified atom stereocenters. The van der Waals surface area contributed by atoms with E-state index >= 15 is 0 Å². The van der Waals surface area contributed by atoms with E-state index in [9.17, 15) is 0 Å². The van der Waals surface area contributed by atoms with Crippen LogP contribution < -0.4 is 11.1 Å². The molecule has 0 aliphatic rings. The highest BCUT2D eigenvalue weighted by Crippen LogP contribution is 2.23. The number of nitrogens with zero attached hydrogens (tertiary/aromatic N) is 1. The van der Waals surface area contributed by atoms with E-state index in [1.165, 1.54) is 0 Å². The number of hydrogen-bond donors (Lipinski definition) is 3. The van der Waals surface area contributed by atoms with Crippen molar-refractivity contribution >= 4 is 22.8 Å². The fourth-order valence-corrected chi connectivity index (χ4v) is 1.99. The molecule has 0 radical (unpaired) electrons. The van der Waals surface area contributed by atoms with Crippen molar-refractivity contribution in [3.8, 4) is 0 Å². The largest absolute Gasteiger partial charge is 0.423 e. The van der Waals surface area contributed by atoms with Gasteiger partial charge in [0, 0.05) is 6.54 Å². The maximum atomic E-state index is 8.99. The molecule has 3 rings (SSSR count). The number of anilines is 2. The van der Waals surface area contributed by atoms with Crippen molar-refractivity contribution in [3.63, 3.8) is 0 Å². The highest BCUT2D eigenvalue weighted by molar-refractivity contribution is 5.86. The van der Waals surface area contributed by atoms with E-state index in [-0.39, 0.29) is 6.61 Å². The predicted molar refractivity (Wildman–Crippen MR) is 78.1 cm³/mol. The number of oxazole rings is 1. The van der Waals surface area contributed by atoms with E-state index < -0.39 is 0 Å². The van der Waals surface area contributed by atoms with Crippen molar-refractivity contribution in [2.24, 2.45) is 0 Å². The summed E-state index contributed by atoms with van der Waals surface area (Å²) < 4.78 is 5.57. The summed E-state index contributed by atoms with van der Waals surface area (Å²) in [5, 5.41) is 12.1. The Bertz CT molecular complexity index is 720. The minimum atomic E-state index is 0.0537. The number of aliphatic hydroxyl groups is 1. The van der Waals surface area contributed by atoms with Gasteiger partial charge in [-0.2, -0.15) is 4.98 Å². The molecule has 0 bridgehead atoms. The second kappa shape index (κ2) is 5.22. The summed E-state index contributed by atoms with van der Waals surface area (Å²) in [7, 11) is 0. The lowest BCUT2D eigenvalue weighted by atomic mass is 10.1. The number of benzene rings is 2. The smallest absolute Gasteiger partial charge is 0.296 e. The van der Waals surface area contributed by atoms with Gasteiger partial charge in [-0.3, -0.25) is 0 Å². The quantitative estimate of drug-likeness (QED) is 0.634. The fourth-order valence-electron chi connectivity index (χ4n) is 1.99. The zero-order valence-corrected chi connectivity index (χ0v) is 10.8. The van der Waals surface area contributed by atoms with Gasteiger partial charge in [-0.25, -0.2) is 0 Å². The molecule has 102 valence electrons. The second-order valence-electron chi connectivity index (χ2n) is 4.54. The van der Waals surface area contributed by atoms with E-state index in [1.54, 1.807) is 6.07 Å². The molecule has 0 spiro atoms. The Hall–Kier alpha value is -2.53. The van der Waals surface area contributed by atoms with Crippen LogP contribution in [0, 0.1) is 0 Å². The molecule has 1 heterocycles. The van der Waals surface area contributed by atoms with Crippen LogP contribution in [0.1, 0.15) is 11.1 Å². The van der Waals surface area contributed by atoms with Crippen molar-refractivity contribution in [3.05, 3.63) is 53.6 Å². The molecule has 0 fully saturated rings. The summed E-state index contributed by atoms with van der Waals surface area (Å²) in [6.45, 7) is 0.649. The van der Waals surface area contributed by atoms with Crippen LogP contribution in [0.5, 0.6) is 0 Å². The Kier molecular flexibility index (Phi) is 3.26. The van der Waals surface area contributed by atoms with E-state index in [4.69, 9.17) is 15.3 Å². The number of nitrogens with two attached hydrogens (primary N) is 1. The SMILES string of the molecule is Nc1cccc2oc(NCc3ccc(CO)cc3)nc12. The van der Waals surface area contributed by atoms with Crippen molar-refractivity contribution in [2.75, 3.05) is 11.1 Å². The first-order valence-corrected chi connectivity index (χ1v) is 6.34. The van der Waals surface area contributed by atoms with Gasteiger partial charge < -0.3 is 20.6 Å². The van der Waals surface area contributed by atoms with E-state index in [2.05, 4.69) is 10.3 Å². The topological polar surface area (TPSA) is 84.3 Å². The summed E-state index contributed by atoms with van der Waals surface area (Å²) in [4.78, 5) is 4.32. The molecule has 5 nitrogen and oxygen atoms in total. The average molecular weight is 269 g/mol. The number of fused-ring (bicyclic) bond motifs is 1. The van der Waals surface area contributed by atoms with Crippen LogP contribution in [-0.4, -0.2) is 10.1 Å². The van der Waals surface area contributed by atoms with Crippen molar-refractivity contribution < 1.29 is 9.52 Å². The van der Waals surface area contributed by atoms with E-state index in [0.717, 1.165) is 11.1 Å². The van der Waals surface area contributed by atoms with Gasteiger partial charge in [0.25, 0.3) is 6.01 Å². The van der Waals surface area contributed by atoms with Gasteiger partial charge in [0.1, 0.15) is 5.52 Å². The van der Waals surface area contributed by atoms with Crippen LogP contribution in [0.3, 0.4) is 0 Å². The summed E-state index contributed by atoms with van der Waals surface area (Å²) >= 11 is 0. The van der Waals surface area contributed by atoms with Gasteiger partial charge in [0.05, 0.1) is 12.3 Å². The van der Waals surface area contributed by atoms with Crippen LogP contribution >= 0.6 is 0 Å². The monoisotopic (exact) mass is 269 g/mol. The molecular formula is C15H15N3O2. The molecule has 0 aliphatic heterocycles. The molecule has 5 heteroatoms. The summed E-state index contributed by atoms with van der Waals surface area (Å²) in [6.07, 6.45) is 0. The van der Waals surface area contributed by atoms with Crippen LogP contribution in [0.2, 0.25) is 0 Å². The molecule has 0 saturated carbocycles. The predicted octanol–water partition coefficient (Wildman–Crippen LogP) is 2.51. The Labute approximate surface area is 116 Å². The first-order chi connectivity index (χ1) is 9.76. The van der Waals surface area contributed by atoms with Gasteiger partial charge in [0.15, 0.2) is 5.58 Å². The van der Waals surface area contributed by atoms with Gasteiger partial charge >= 0.3 is 0 Å². The lowest BCUT2D eigenvalue weighted by molar-refractivity contribution is 0.282. The molecule has 2 aromatic carbocycles. The maximum Gasteiger partial charge on any atom is 0.296 e. The number of nitrogen functional groups attached to an aromatic ring is 1. The van der Waals surface area contributed by atoms with Crippen molar-refractivity contribution in [2.45, 2.75) is 13.2 Å². The van der Waals surface area contributed by atoms with Crippen molar-refractivity contribution in [1.82, 2.24) is 4.98 Å². The second-order valence-corrected chi connectivity index (χ2v) is 4.54. The molecular weight excluding hydrogens is 254 g/mol. The standard InChI is InChI=1S/C15H15N3O2/c16-12-2-1-3-13-14(12)18-15(20-13)17-8-10-4-6-11(9-19)7-5-10/h1-7,19H,8-9,16H2,(H,17,18). The molecule has 3 aromatic rings. The van der Waals surface area contributed by atoms with Crippen LogP contribution in [-0.2, 0) is 13.2 Å². The minimum Gasteiger partial charge on any atom is -0.423 e. The first kappa shape index (κ1) is 12.5. The lowest BCUT2D eigenvalue weighted by Crippen LogP contribution is -1.99. The number of rotatable bonds is 4. The first-order valence-electron chi connectivity index (χ1n) is 6.34. The highest BCUT2D eigenvalue weighted by atomic mass is 16.4. The lowest BCUT2D eigenvalue weighted by Gasteiger charge is -2.03. The molecule has 0 aliphatic carbocycles. The minimum absolute atomic E-state index is 0.0537. The third-order valence-electron chi connectivity index (χ3n) is 3.10. The Morgan fingerprint density at radius 2 is 1.85 bits per heavy atom. The number of hydrogen-bond acceptors (Lipinski definition) is 5. The summed E-state index contributed by atoms with van der Waals surface area (Å²) in [6, 6.07) is 13.6. The van der Waals surface area contributed by atoms with E-state index in [0.29, 0.717) is 29.3 Å². The van der Waals surface area contributed by atoms with Gasteiger partial charge in [-0.1, -0.05) is 30.3 Å². The fraction of sp³-hybridized carbons (Fsp3) is 0.133. The molecule has 0 amide bonds. The number of aromatic nitrogens is 1. The Morgan fingerprint density at radius 3 is 2.55 bits per heavy atom. The van der Waals surface area contributed by atoms with E-state index in [1.807, 2.05) is 36.4 Å². The molecule has 0 saturated heterocycles. The number of para-hydroxylation sites is 1. The average Bonchev–Trinajstić information content (AvgIpc) is 2.90. The van der Waals surface area contributed by atoms with Gasteiger partial charge in [-0.05, 0) is 23.3 Å². The number of aliphatic hydroxyl groups excluding tert-OH is 1. The maximum absolute atomic E-state index is 8.99. The van der Waals surface area contributed by atoms with Crippen LogP contribution in [0.4, 0.5) is 11.7 Å². The van der Waals surface area contributed by atoms with Crippen molar-refractivity contribution in [1.29, 1.82) is 0 Å². The summed E-state index contributed by atoms with van der Waals surface area (Å²) in [5.74, 6) is 0. The van der Waals surface area contributed by atoms with Gasteiger partial charge in [0.2, 0.25) is 0 Å². The third kappa shape index (κ3) is 2.44. The Balaban J connectivity index is 1.74. The van der Waals surface area contributed by atoms with Crippen LogP contribution in [0.25, 0.3) is 11.1 Å². The van der Waals surface area contributed by atoms with Crippen LogP contribution in [0.15, 0.2) is 46.9 Å². The Morgan fingerprint density at radius 1 is 1.10 bits per heavy atom. The van der Waals surface area contributed by atoms with Gasteiger partial charge in [-0.15, -0.1) is 0 Å². The highest BCUT2D eigenvalue weighted by Gasteiger charge is 2.07. The normalized spacial score (nSPS) is 10.8. The summed E-state index contributed by atoms with van der Waals surface area (Å²) in [5.41, 5.74) is 9.75. The zero-order chi connectivity index (χ0) is 13.9.